The van der Waals surface area contributed by atoms with Crippen molar-refractivity contribution in [1.82, 2.24) is 9.88 Å². The van der Waals surface area contributed by atoms with E-state index in [0.29, 0.717) is 6.04 Å². The number of rotatable bonds is 2. The van der Waals surface area contributed by atoms with Gasteiger partial charge in [0.25, 0.3) is 0 Å². The van der Waals surface area contributed by atoms with Crippen LogP contribution in [0.5, 0.6) is 0 Å². The Bertz CT molecular complexity index is 407. The summed E-state index contributed by atoms with van der Waals surface area (Å²) in [5.41, 5.74) is 4.92. The molecule has 2 heterocycles. The number of nitrogens with zero attached hydrogens (tertiary/aromatic N) is 2. The summed E-state index contributed by atoms with van der Waals surface area (Å²) in [5, 5.41) is 0. The van der Waals surface area contributed by atoms with E-state index in [0.717, 1.165) is 25.1 Å². The van der Waals surface area contributed by atoms with E-state index in [1.807, 2.05) is 13.1 Å². The van der Waals surface area contributed by atoms with Crippen LogP contribution in [0.3, 0.4) is 0 Å². The molecule has 1 aromatic rings. The van der Waals surface area contributed by atoms with E-state index in [-0.39, 0.29) is 0 Å². The summed E-state index contributed by atoms with van der Waals surface area (Å²) in [6, 6.07) is 2.86. The number of hydrogen-bond acceptors (Lipinski definition) is 2. The fraction of sp³-hybridized carbons (Fsp3) is 0.500. The highest BCUT2D eigenvalue weighted by molar-refractivity contribution is 5.61. The normalized spacial score (nSPS) is 16.2. The molecule has 0 aromatic carbocycles. The average Bonchev–Trinajstić information content (AvgIpc) is 2.27. The van der Waals surface area contributed by atoms with Crippen molar-refractivity contribution < 1.29 is 0 Å². The molecule has 0 atom stereocenters. The SMILES string of the molecule is C=C(C)c1cnc2c(c1)CCN(C(C)C)C2. The Hall–Kier alpha value is -1.15. The molecule has 0 aliphatic carbocycles. The number of pyridine rings is 1. The highest BCUT2D eigenvalue weighted by atomic mass is 15.2. The van der Waals surface area contributed by atoms with E-state index < -0.39 is 0 Å². The predicted octanol–water partition coefficient (Wildman–Crippen LogP) is 2.88. The molecule has 0 unspecified atom stereocenters. The third-order valence-corrected chi connectivity index (χ3v) is 3.30. The zero-order valence-electron chi connectivity index (χ0n) is 10.5. The highest BCUT2D eigenvalue weighted by Gasteiger charge is 2.19. The number of aromatic nitrogens is 1. The van der Waals surface area contributed by atoms with E-state index >= 15 is 0 Å². The van der Waals surface area contributed by atoms with Gasteiger partial charge in [-0.15, -0.1) is 0 Å². The van der Waals surface area contributed by atoms with Gasteiger partial charge in [0.2, 0.25) is 0 Å². The van der Waals surface area contributed by atoms with Gasteiger partial charge in [0.05, 0.1) is 5.69 Å². The molecular formula is C14H20N2. The van der Waals surface area contributed by atoms with Crippen LogP contribution in [-0.2, 0) is 13.0 Å². The van der Waals surface area contributed by atoms with Gasteiger partial charge in [0.1, 0.15) is 0 Å². The second-order valence-corrected chi connectivity index (χ2v) is 4.92. The Labute approximate surface area is 98.0 Å². The summed E-state index contributed by atoms with van der Waals surface area (Å²) < 4.78 is 0. The van der Waals surface area contributed by atoms with Gasteiger partial charge in [-0.1, -0.05) is 6.58 Å². The van der Waals surface area contributed by atoms with Gasteiger partial charge in [-0.2, -0.15) is 0 Å². The average molecular weight is 216 g/mol. The van der Waals surface area contributed by atoms with E-state index in [2.05, 4.69) is 36.4 Å². The standard InChI is InChI=1S/C14H20N2/c1-10(2)13-7-12-5-6-16(11(3)4)9-14(12)15-8-13/h7-8,11H,1,5-6,9H2,2-4H3. The van der Waals surface area contributed by atoms with Gasteiger partial charge in [-0.25, -0.2) is 0 Å². The number of allylic oxidation sites excluding steroid dienone is 1. The molecule has 86 valence electrons. The molecular weight excluding hydrogens is 196 g/mol. The summed E-state index contributed by atoms with van der Waals surface area (Å²) in [4.78, 5) is 7.04. The molecule has 2 heteroatoms. The van der Waals surface area contributed by atoms with Crippen LogP contribution >= 0.6 is 0 Å². The van der Waals surface area contributed by atoms with Crippen molar-refractivity contribution in [2.24, 2.45) is 0 Å². The van der Waals surface area contributed by atoms with Gasteiger partial charge in [0, 0.05) is 25.3 Å². The van der Waals surface area contributed by atoms with Crippen LogP contribution in [0.4, 0.5) is 0 Å². The Morgan fingerprint density at radius 1 is 1.50 bits per heavy atom. The first kappa shape index (κ1) is 11.3. The third-order valence-electron chi connectivity index (χ3n) is 3.30. The lowest BCUT2D eigenvalue weighted by atomic mass is 10.0. The van der Waals surface area contributed by atoms with Crippen LogP contribution in [0.2, 0.25) is 0 Å². The van der Waals surface area contributed by atoms with Gasteiger partial charge < -0.3 is 0 Å². The first-order valence-corrected chi connectivity index (χ1v) is 5.95. The minimum Gasteiger partial charge on any atom is -0.295 e. The minimum absolute atomic E-state index is 0.607. The molecule has 1 aromatic heterocycles. The molecule has 1 aliphatic heterocycles. The fourth-order valence-corrected chi connectivity index (χ4v) is 2.11. The van der Waals surface area contributed by atoms with E-state index in [1.165, 1.54) is 16.8 Å². The van der Waals surface area contributed by atoms with Crippen LogP contribution < -0.4 is 0 Å². The van der Waals surface area contributed by atoms with Crippen LogP contribution in [0.25, 0.3) is 5.57 Å². The van der Waals surface area contributed by atoms with Crippen molar-refractivity contribution in [3.05, 3.63) is 35.7 Å². The smallest absolute Gasteiger partial charge is 0.0576 e. The molecule has 0 N–H and O–H groups in total. The first-order chi connectivity index (χ1) is 7.58. The Balaban J connectivity index is 2.25. The lowest BCUT2D eigenvalue weighted by Crippen LogP contribution is -2.36. The summed E-state index contributed by atoms with van der Waals surface area (Å²) in [6.45, 7) is 12.6. The van der Waals surface area contributed by atoms with Gasteiger partial charge in [-0.3, -0.25) is 9.88 Å². The third kappa shape index (κ3) is 2.17. The molecule has 2 rings (SSSR count). The maximum absolute atomic E-state index is 4.57. The zero-order valence-corrected chi connectivity index (χ0v) is 10.5. The lowest BCUT2D eigenvalue weighted by Gasteiger charge is -2.31. The maximum atomic E-state index is 4.57. The Kier molecular flexibility index (Phi) is 3.10. The van der Waals surface area contributed by atoms with Crippen molar-refractivity contribution in [3.63, 3.8) is 0 Å². The topological polar surface area (TPSA) is 16.1 Å². The van der Waals surface area contributed by atoms with Crippen molar-refractivity contribution in [2.45, 2.75) is 39.8 Å². The van der Waals surface area contributed by atoms with Crippen LogP contribution in [0, 0.1) is 0 Å². The molecule has 0 fully saturated rings. The Morgan fingerprint density at radius 3 is 2.88 bits per heavy atom. The summed E-state index contributed by atoms with van der Waals surface area (Å²) in [6.07, 6.45) is 3.06. The fourth-order valence-electron chi connectivity index (χ4n) is 2.11. The largest absolute Gasteiger partial charge is 0.295 e. The number of fused-ring (bicyclic) bond motifs is 1. The van der Waals surface area contributed by atoms with E-state index in [9.17, 15) is 0 Å². The van der Waals surface area contributed by atoms with Crippen LogP contribution in [0.15, 0.2) is 18.8 Å². The quantitative estimate of drug-likeness (QED) is 0.755. The van der Waals surface area contributed by atoms with Crippen LogP contribution in [-0.4, -0.2) is 22.5 Å². The predicted molar refractivity (Wildman–Crippen MR) is 68.2 cm³/mol. The van der Waals surface area contributed by atoms with E-state index in [4.69, 9.17) is 0 Å². The minimum atomic E-state index is 0.607. The second-order valence-electron chi connectivity index (χ2n) is 4.92. The molecule has 16 heavy (non-hydrogen) atoms. The van der Waals surface area contributed by atoms with Gasteiger partial charge in [0.15, 0.2) is 0 Å². The summed E-state index contributed by atoms with van der Waals surface area (Å²) in [5.74, 6) is 0. The lowest BCUT2D eigenvalue weighted by molar-refractivity contribution is 0.200. The highest BCUT2D eigenvalue weighted by Crippen LogP contribution is 2.21. The van der Waals surface area contributed by atoms with E-state index in [1.54, 1.807) is 0 Å². The zero-order chi connectivity index (χ0) is 11.7. The molecule has 0 bridgehead atoms. The number of hydrogen-bond donors (Lipinski definition) is 0. The summed E-state index contributed by atoms with van der Waals surface area (Å²) in [7, 11) is 0. The van der Waals surface area contributed by atoms with Gasteiger partial charge >= 0.3 is 0 Å². The monoisotopic (exact) mass is 216 g/mol. The maximum Gasteiger partial charge on any atom is 0.0576 e. The molecule has 0 spiro atoms. The Morgan fingerprint density at radius 2 is 2.25 bits per heavy atom. The second kappa shape index (κ2) is 4.38. The van der Waals surface area contributed by atoms with Crippen molar-refractivity contribution >= 4 is 5.57 Å². The first-order valence-electron chi connectivity index (χ1n) is 5.95. The van der Waals surface area contributed by atoms with Crippen molar-refractivity contribution in [2.75, 3.05) is 6.54 Å². The molecule has 1 aliphatic rings. The molecule has 0 amide bonds. The van der Waals surface area contributed by atoms with Gasteiger partial charge in [-0.05, 0) is 50.0 Å². The molecule has 2 nitrogen and oxygen atoms in total. The van der Waals surface area contributed by atoms with Crippen LogP contribution in [0.1, 0.15) is 37.6 Å². The summed E-state index contributed by atoms with van der Waals surface area (Å²) >= 11 is 0. The van der Waals surface area contributed by atoms with Crippen molar-refractivity contribution in [3.8, 4) is 0 Å². The molecule has 0 radical (unpaired) electrons. The molecule has 0 saturated heterocycles. The molecule has 0 saturated carbocycles. The van der Waals surface area contributed by atoms with Crippen molar-refractivity contribution in [1.29, 1.82) is 0 Å².